The Morgan fingerprint density at radius 2 is 1.55 bits per heavy atom. The maximum absolute atomic E-state index is 13.4. The molecule has 0 spiro atoms. The number of rotatable bonds is 15. The average molecular weight is 634 g/mol. The minimum Gasteiger partial charge on any atom is -0.465 e. The smallest absolute Gasteiger partial charge is 0.341 e. The van der Waals surface area contributed by atoms with Gasteiger partial charge >= 0.3 is 5.97 Å². The molecule has 11 nitrogen and oxygen atoms in total. The first-order chi connectivity index (χ1) is 20.7. The van der Waals surface area contributed by atoms with E-state index in [2.05, 4.69) is 21.3 Å². The number of ether oxygens (including phenoxy) is 1. The Hall–Kier alpha value is -3.84. The number of halogens is 1. The Bertz CT molecular complexity index is 1330. The Labute approximate surface area is 261 Å². The van der Waals surface area contributed by atoms with Crippen molar-refractivity contribution < 1.29 is 33.1 Å². The predicted octanol–water partition coefficient (Wildman–Crippen LogP) is 3.47. The van der Waals surface area contributed by atoms with Gasteiger partial charge in [-0.3, -0.25) is 19.2 Å². The summed E-state index contributed by atoms with van der Waals surface area (Å²) in [5.74, 6) is -3.57. The maximum atomic E-state index is 13.4. The fraction of sp³-hybridized carbons (Fsp3) is 0.516. The van der Waals surface area contributed by atoms with Gasteiger partial charge in [-0.1, -0.05) is 46.8 Å². The predicted molar refractivity (Wildman–Crippen MR) is 168 cm³/mol. The number of nitrogens with one attached hydrogen (secondary N) is 4. The summed E-state index contributed by atoms with van der Waals surface area (Å²) >= 11 is 0.952. The summed E-state index contributed by atoms with van der Waals surface area (Å²) in [6.07, 6.45) is 0.824. The largest absolute Gasteiger partial charge is 0.465 e. The highest BCUT2D eigenvalue weighted by atomic mass is 32.1. The summed E-state index contributed by atoms with van der Waals surface area (Å²) in [6, 6.07) is 4.14. The molecule has 13 heteroatoms. The molecule has 0 fully saturated rings. The molecule has 0 saturated heterocycles. The van der Waals surface area contributed by atoms with Crippen LogP contribution in [0, 0.1) is 24.6 Å². The number of methoxy groups -OCH3 is 1. The van der Waals surface area contributed by atoms with Gasteiger partial charge in [0, 0.05) is 13.1 Å². The molecule has 1 heterocycles. The molecule has 4 amide bonds. The fourth-order valence-electron chi connectivity index (χ4n) is 4.41. The van der Waals surface area contributed by atoms with Crippen LogP contribution in [0.15, 0.2) is 24.3 Å². The summed E-state index contributed by atoms with van der Waals surface area (Å²) in [5, 5.41) is 11.2. The Kier molecular flexibility index (Phi) is 13.9. The summed E-state index contributed by atoms with van der Waals surface area (Å²) in [6.45, 7) is 11.2. The van der Waals surface area contributed by atoms with Gasteiger partial charge in [0.05, 0.1) is 29.5 Å². The maximum Gasteiger partial charge on any atom is 0.341 e. The van der Waals surface area contributed by atoms with Crippen LogP contribution >= 0.6 is 11.3 Å². The average Bonchev–Trinajstić information content (AvgIpc) is 3.30. The fourth-order valence-corrected chi connectivity index (χ4v) is 5.53. The number of carbonyl (C=O) groups excluding carboxylic acids is 5. The quantitative estimate of drug-likeness (QED) is 0.148. The lowest BCUT2D eigenvalue weighted by Gasteiger charge is -2.24. The molecular formula is C31H44FN5O6S. The van der Waals surface area contributed by atoms with Crippen LogP contribution < -0.4 is 27.0 Å². The van der Waals surface area contributed by atoms with Gasteiger partial charge in [-0.15, -0.1) is 11.3 Å². The van der Waals surface area contributed by atoms with Crippen molar-refractivity contribution in [2.24, 2.45) is 17.6 Å². The van der Waals surface area contributed by atoms with Crippen LogP contribution in [-0.2, 0) is 19.1 Å². The molecule has 44 heavy (non-hydrogen) atoms. The molecule has 0 aliphatic rings. The lowest BCUT2D eigenvalue weighted by Crippen LogP contribution is -2.55. The molecule has 1 aromatic heterocycles. The number of hydrogen-bond donors (Lipinski definition) is 5. The van der Waals surface area contributed by atoms with Gasteiger partial charge in [-0.05, 0) is 54.9 Å². The van der Waals surface area contributed by atoms with Crippen molar-refractivity contribution in [3.63, 3.8) is 0 Å². The van der Waals surface area contributed by atoms with Crippen molar-refractivity contribution >= 4 is 45.9 Å². The third-order valence-electron chi connectivity index (χ3n) is 7.18. The SMILES string of the molecule is CCC(C(=O)Nc1sc(C(=O)NCCCNC(=O)[C@@H](NC(=O)[C@@H](N)C(C)C)C(C)C)c(C)c1C(=O)OC)c1ccc(F)cc1. The number of carbonyl (C=O) groups is 5. The van der Waals surface area contributed by atoms with Crippen LogP contribution in [0.5, 0.6) is 0 Å². The van der Waals surface area contributed by atoms with Crippen LogP contribution in [0.2, 0.25) is 0 Å². The van der Waals surface area contributed by atoms with Gasteiger partial charge < -0.3 is 31.7 Å². The summed E-state index contributed by atoms with van der Waals surface area (Å²) in [5.41, 5.74) is 6.95. The van der Waals surface area contributed by atoms with E-state index in [4.69, 9.17) is 10.5 Å². The zero-order valence-electron chi connectivity index (χ0n) is 26.3. The third-order valence-corrected chi connectivity index (χ3v) is 8.39. The van der Waals surface area contributed by atoms with Crippen molar-refractivity contribution in [2.45, 2.75) is 72.4 Å². The zero-order chi connectivity index (χ0) is 33.1. The molecule has 0 radical (unpaired) electrons. The van der Waals surface area contributed by atoms with Gasteiger partial charge in [0.25, 0.3) is 5.91 Å². The Morgan fingerprint density at radius 3 is 2.09 bits per heavy atom. The molecule has 0 aliphatic heterocycles. The number of hydrogen-bond acceptors (Lipinski definition) is 8. The van der Waals surface area contributed by atoms with Crippen LogP contribution in [0.4, 0.5) is 9.39 Å². The van der Waals surface area contributed by atoms with E-state index < -0.39 is 47.5 Å². The van der Waals surface area contributed by atoms with E-state index in [0.29, 0.717) is 24.0 Å². The standard InChI is InChI=1S/C31H44FN5O6S/c1-8-21(19-10-12-20(32)13-11-19)26(38)37-30-22(31(42)43-7)18(6)25(44-30)29(41)35-15-9-14-34-28(40)24(17(4)5)36-27(39)23(33)16(2)3/h10-13,16-17,21,23-24H,8-9,14-15,33H2,1-7H3,(H,34,40)(H,35,41)(H,36,39)(H,37,38)/t21?,23-,24-/m0/s1. The van der Waals surface area contributed by atoms with E-state index >= 15 is 0 Å². The molecule has 0 bridgehead atoms. The molecule has 242 valence electrons. The highest BCUT2D eigenvalue weighted by molar-refractivity contribution is 7.18. The summed E-state index contributed by atoms with van der Waals surface area (Å²) in [7, 11) is 1.21. The number of nitrogens with two attached hydrogens (primary N) is 1. The minimum absolute atomic E-state index is 0.0767. The highest BCUT2D eigenvalue weighted by Crippen LogP contribution is 2.35. The molecule has 6 N–H and O–H groups in total. The van der Waals surface area contributed by atoms with Crippen LogP contribution in [-0.4, -0.2) is 61.9 Å². The number of benzene rings is 1. The van der Waals surface area contributed by atoms with E-state index in [0.717, 1.165) is 11.3 Å². The molecule has 2 rings (SSSR count). The normalized spacial score (nSPS) is 13.2. The van der Waals surface area contributed by atoms with Gasteiger partial charge in [0.1, 0.15) is 16.9 Å². The summed E-state index contributed by atoms with van der Waals surface area (Å²) in [4.78, 5) is 64.2. The first-order valence-electron chi connectivity index (χ1n) is 14.6. The van der Waals surface area contributed by atoms with Crippen molar-refractivity contribution in [3.05, 3.63) is 51.7 Å². The van der Waals surface area contributed by atoms with Crippen molar-refractivity contribution in [3.8, 4) is 0 Å². The van der Waals surface area contributed by atoms with Crippen LogP contribution in [0.3, 0.4) is 0 Å². The molecule has 2 aromatic rings. The van der Waals surface area contributed by atoms with E-state index in [1.54, 1.807) is 6.92 Å². The topological polar surface area (TPSA) is 169 Å². The van der Waals surface area contributed by atoms with E-state index in [-0.39, 0.29) is 46.3 Å². The van der Waals surface area contributed by atoms with Crippen molar-refractivity contribution in [2.75, 3.05) is 25.5 Å². The molecule has 0 aliphatic carbocycles. The number of thiophene rings is 1. The van der Waals surface area contributed by atoms with E-state index in [1.807, 2.05) is 34.6 Å². The molecule has 1 aromatic carbocycles. The van der Waals surface area contributed by atoms with Crippen LogP contribution in [0.25, 0.3) is 0 Å². The number of anilines is 1. The van der Waals surface area contributed by atoms with E-state index in [9.17, 15) is 28.4 Å². The number of amides is 4. The third kappa shape index (κ3) is 9.58. The second kappa shape index (κ2) is 16.9. The van der Waals surface area contributed by atoms with Gasteiger partial charge in [0.15, 0.2) is 0 Å². The molecule has 0 saturated carbocycles. The van der Waals surface area contributed by atoms with Gasteiger partial charge in [0.2, 0.25) is 17.7 Å². The minimum atomic E-state index is -0.753. The lowest BCUT2D eigenvalue weighted by molar-refractivity contribution is -0.131. The Morgan fingerprint density at radius 1 is 0.932 bits per heavy atom. The zero-order valence-corrected chi connectivity index (χ0v) is 27.2. The first-order valence-corrected chi connectivity index (χ1v) is 15.4. The van der Waals surface area contributed by atoms with Gasteiger partial charge in [-0.2, -0.15) is 0 Å². The molecule has 3 atom stereocenters. The van der Waals surface area contributed by atoms with Crippen LogP contribution in [0.1, 0.15) is 84.5 Å². The lowest BCUT2D eigenvalue weighted by atomic mass is 9.95. The molecular weight excluding hydrogens is 589 g/mol. The van der Waals surface area contributed by atoms with Crippen molar-refractivity contribution in [1.82, 2.24) is 16.0 Å². The second-order valence-corrected chi connectivity index (χ2v) is 12.2. The van der Waals surface area contributed by atoms with Crippen molar-refractivity contribution in [1.29, 1.82) is 0 Å². The first kappa shape index (κ1) is 36.4. The van der Waals surface area contributed by atoms with Gasteiger partial charge in [-0.25, -0.2) is 9.18 Å². The monoisotopic (exact) mass is 633 g/mol. The Balaban J connectivity index is 2.04. The highest BCUT2D eigenvalue weighted by Gasteiger charge is 2.29. The second-order valence-electron chi connectivity index (χ2n) is 11.2. The number of esters is 1. The summed E-state index contributed by atoms with van der Waals surface area (Å²) < 4.78 is 18.3. The van der Waals surface area contributed by atoms with E-state index in [1.165, 1.54) is 31.4 Å². The molecule has 1 unspecified atom stereocenters.